The summed E-state index contributed by atoms with van der Waals surface area (Å²) in [5.74, 6) is 0. The number of benzene rings is 5. The van der Waals surface area contributed by atoms with Gasteiger partial charge in [-0.3, -0.25) is 0 Å². The van der Waals surface area contributed by atoms with E-state index in [-0.39, 0.29) is 29.9 Å². The predicted molar refractivity (Wildman–Crippen MR) is 143 cm³/mol. The number of aromatic nitrogens is 1. The van der Waals surface area contributed by atoms with Gasteiger partial charge in [-0.2, -0.15) is 0 Å². The molecule has 0 fully saturated rings. The van der Waals surface area contributed by atoms with Crippen LogP contribution in [0.2, 0.25) is 0 Å². The van der Waals surface area contributed by atoms with E-state index < -0.39 is 6.04 Å². The molecule has 35 heavy (non-hydrogen) atoms. The molecule has 0 unspecified atom stereocenters. The van der Waals surface area contributed by atoms with Gasteiger partial charge in [0.25, 0.3) is 0 Å². The Hall–Kier alpha value is -4.76. The first-order chi connectivity index (χ1) is 19.4. The second-order valence-electron chi connectivity index (χ2n) is 8.60. The molecule has 164 valence electrons. The molecule has 0 N–H and O–H groups in total. The van der Waals surface area contributed by atoms with Crippen molar-refractivity contribution in [2.24, 2.45) is 0 Å². The molecule has 0 saturated heterocycles. The van der Waals surface area contributed by atoms with Gasteiger partial charge in [0.1, 0.15) is 22.3 Å². The van der Waals surface area contributed by atoms with Gasteiger partial charge in [-0.15, -0.1) is 0 Å². The van der Waals surface area contributed by atoms with Crippen LogP contribution in [-0.4, -0.2) is 4.57 Å². The molecule has 0 bridgehead atoms. The molecule has 3 heteroatoms. The number of hydrogen-bond donors (Lipinski definition) is 0. The average molecular weight is 455 g/mol. The molecular weight excluding hydrogens is 430 g/mol. The highest BCUT2D eigenvalue weighted by Crippen LogP contribution is 2.42. The summed E-state index contributed by atoms with van der Waals surface area (Å²) in [6, 6.07) is 25.8. The largest absolute Gasteiger partial charge is 0.456 e. The molecule has 8 rings (SSSR count). The molecule has 0 aliphatic heterocycles. The number of furan rings is 2. The van der Waals surface area contributed by atoms with Crippen molar-refractivity contribution in [1.29, 1.82) is 0 Å². The van der Waals surface area contributed by atoms with Gasteiger partial charge in [0.2, 0.25) is 0 Å². The molecule has 8 aromatic rings. The zero-order valence-corrected chi connectivity index (χ0v) is 18.3. The first kappa shape index (κ1) is 14.5. The van der Waals surface area contributed by atoms with Crippen LogP contribution in [0.3, 0.4) is 0 Å². The van der Waals surface area contributed by atoms with Gasteiger partial charge in [-0.25, -0.2) is 0 Å². The maximum absolute atomic E-state index is 8.69. The molecule has 3 aromatic heterocycles. The third-order valence-corrected chi connectivity index (χ3v) is 6.70. The average Bonchev–Trinajstić information content (AvgIpc) is 3.64. The van der Waals surface area contributed by atoms with Gasteiger partial charge >= 0.3 is 0 Å². The molecule has 0 amide bonds. The number of fused-ring (bicyclic) bond motifs is 8. The van der Waals surface area contributed by atoms with E-state index >= 15 is 0 Å². The first-order valence-corrected chi connectivity index (χ1v) is 11.4. The Balaban J connectivity index is 1.47. The van der Waals surface area contributed by atoms with E-state index in [1.54, 1.807) is 4.57 Å². The van der Waals surface area contributed by atoms with Gasteiger partial charge in [0, 0.05) is 32.8 Å². The number of para-hydroxylation sites is 4. The van der Waals surface area contributed by atoms with Crippen molar-refractivity contribution in [1.82, 2.24) is 4.57 Å². The number of rotatable bonds is 2. The molecule has 5 aromatic carbocycles. The Morgan fingerprint density at radius 2 is 1.37 bits per heavy atom. The van der Waals surface area contributed by atoms with Gasteiger partial charge < -0.3 is 13.4 Å². The van der Waals surface area contributed by atoms with Gasteiger partial charge in [-0.05, 0) is 54.0 Å². The molecule has 0 radical (unpaired) electrons. The highest BCUT2D eigenvalue weighted by atomic mass is 16.3. The smallest absolute Gasteiger partial charge is 0.161 e. The fourth-order valence-electron chi connectivity index (χ4n) is 5.20. The van der Waals surface area contributed by atoms with E-state index in [1.807, 2.05) is 78.9 Å². The summed E-state index contributed by atoms with van der Waals surface area (Å²) in [5.41, 5.74) is 6.09. The second-order valence-corrected chi connectivity index (χ2v) is 8.60. The zero-order valence-electron chi connectivity index (χ0n) is 23.3. The molecular formula is C32H19NO2. The van der Waals surface area contributed by atoms with Crippen LogP contribution in [0.5, 0.6) is 0 Å². The Kier molecular flexibility index (Phi) is 2.85. The van der Waals surface area contributed by atoms with E-state index in [9.17, 15) is 0 Å². The van der Waals surface area contributed by atoms with E-state index in [4.69, 9.17) is 15.7 Å². The summed E-state index contributed by atoms with van der Waals surface area (Å²) in [4.78, 5) is 0. The zero-order chi connectivity index (χ0) is 27.3. The maximum atomic E-state index is 8.69. The highest BCUT2D eigenvalue weighted by Gasteiger charge is 2.21. The summed E-state index contributed by atoms with van der Waals surface area (Å²) in [7, 11) is 0. The van der Waals surface area contributed by atoms with E-state index in [0.717, 1.165) is 43.8 Å². The fraction of sp³-hybridized carbons (Fsp3) is 0. The number of hydrogen-bond acceptors (Lipinski definition) is 2. The topological polar surface area (TPSA) is 31.2 Å². The van der Waals surface area contributed by atoms with Crippen molar-refractivity contribution in [2.75, 3.05) is 0 Å². The van der Waals surface area contributed by atoms with Crippen molar-refractivity contribution in [2.45, 2.75) is 0 Å². The molecule has 0 spiro atoms. The molecule has 0 atom stereocenters. The minimum atomic E-state index is -0.424. The summed E-state index contributed by atoms with van der Waals surface area (Å²) >= 11 is 0. The Labute approximate surface area is 207 Å². The Bertz CT molecular complexity index is 2310. The van der Waals surface area contributed by atoms with Crippen molar-refractivity contribution >= 4 is 54.9 Å². The third-order valence-electron chi connectivity index (χ3n) is 6.70. The predicted octanol–water partition coefficient (Wildman–Crippen LogP) is 9.10. The molecule has 0 aliphatic carbocycles. The van der Waals surface area contributed by atoms with Crippen molar-refractivity contribution in [3.63, 3.8) is 0 Å². The monoisotopic (exact) mass is 454 g/mol. The summed E-state index contributed by atoms with van der Waals surface area (Å²) in [5, 5.41) is 3.67. The highest BCUT2D eigenvalue weighted by molar-refractivity contribution is 6.18. The van der Waals surface area contributed by atoms with Crippen LogP contribution in [0.15, 0.2) is 124 Å². The molecule has 0 saturated carbocycles. The minimum Gasteiger partial charge on any atom is -0.456 e. The van der Waals surface area contributed by atoms with Crippen LogP contribution in [0.1, 0.15) is 6.85 Å². The van der Waals surface area contributed by atoms with Crippen molar-refractivity contribution < 1.29 is 15.7 Å². The summed E-state index contributed by atoms with van der Waals surface area (Å²) in [6.45, 7) is 0. The van der Waals surface area contributed by atoms with Gasteiger partial charge in [0.15, 0.2) is 5.58 Å². The summed E-state index contributed by atoms with van der Waals surface area (Å²) in [6.07, 6.45) is 0. The fourth-order valence-corrected chi connectivity index (χ4v) is 5.20. The first-order valence-electron chi connectivity index (χ1n) is 13.9. The van der Waals surface area contributed by atoms with Crippen LogP contribution in [0.25, 0.3) is 71.7 Å². The van der Waals surface area contributed by atoms with Crippen LogP contribution in [0.4, 0.5) is 0 Å². The normalized spacial score (nSPS) is 14.0. The number of nitrogens with zero attached hydrogens (tertiary/aromatic N) is 1. The van der Waals surface area contributed by atoms with Gasteiger partial charge in [0.05, 0.1) is 12.4 Å². The second kappa shape index (κ2) is 6.87. The SMILES string of the molecule is [2H]c1c([2H])c([2H])c(-n2c3ccccc3c3oc4c(-c5ccc6c(c5)oc5ccccc56)cccc4c32)c([2H])c1[2H]. The Morgan fingerprint density at radius 1 is 0.600 bits per heavy atom. The maximum Gasteiger partial charge on any atom is 0.161 e. The third kappa shape index (κ3) is 2.55. The van der Waals surface area contributed by atoms with Gasteiger partial charge in [-0.1, -0.05) is 66.7 Å². The van der Waals surface area contributed by atoms with E-state index in [0.29, 0.717) is 22.2 Å². The Morgan fingerprint density at radius 3 is 2.29 bits per heavy atom. The lowest BCUT2D eigenvalue weighted by atomic mass is 10.0. The van der Waals surface area contributed by atoms with Crippen molar-refractivity contribution in [3.05, 3.63) is 115 Å². The minimum absolute atomic E-state index is 0.0917. The van der Waals surface area contributed by atoms with Crippen LogP contribution in [0, 0.1) is 0 Å². The van der Waals surface area contributed by atoms with E-state index in [2.05, 4.69) is 6.07 Å². The summed E-state index contributed by atoms with van der Waals surface area (Å²) < 4.78 is 56.5. The lowest BCUT2D eigenvalue weighted by Gasteiger charge is -2.08. The molecule has 0 aliphatic rings. The molecule has 3 heterocycles. The lowest BCUT2D eigenvalue weighted by Crippen LogP contribution is -1.92. The van der Waals surface area contributed by atoms with Crippen molar-refractivity contribution in [3.8, 4) is 16.8 Å². The lowest BCUT2D eigenvalue weighted by molar-refractivity contribution is 0.669. The van der Waals surface area contributed by atoms with Crippen LogP contribution >= 0.6 is 0 Å². The van der Waals surface area contributed by atoms with Crippen LogP contribution < -0.4 is 0 Å². The van der Waals surface area contributed by atoms with Crippen LogP contribution in [-0.2, 0) is 0 Å². The van der Waals surface area contributed by atoms with E-state index in [1.165, 1.54) is 0 Å². The molecule has 3 nitrogen and oxygen atoms in total. The quantitative estimate of drug-likeness (QED) is 0.261. The standard InChI is InChI=1S/C32H19NO2/c1-2-9-21(10-3-1)33-27-15-6-4-12-25(27)32-30(33)26-14-8-13-22(31(26)35-32)20-17-18-24-23-11-5-7-16-28(23)34-29(24)19-20/h1-19H/i1D,2D,3D,9D,10D.